The zero-order chi connectivity index (χ0) is 23.2. The van der Waals surface area contributed by atoms with E-state index in [1.165, 1.54) is 6.92 Å². The predicted molar refractivity (Wildman–Crippen MR) is 117 cm³/mol. The molecule has 1 N–H and O–H groups in total. The molecule has 4 aromatic rings. The number of anilines is 1. The second kappa shape index (κ2) is 7.57. The molecule has 0 spiro atoms. The zero-order valence-corrected chi connectivity index (χ0v) is 18.1. The number of carbonyl (C=O) groups excluding carboxylic acids is 1. The normalized spacial score (nSPS) is 19.6. The second-order valence-corrected chi connectivity index (χ2v) is 8.35. The lowest BCUT2D eigenvalue weighted by molar-refractivity contribution is -0.114. The smallest absolute Gasteiger partial charge is 0.222 e. The van der Waals surface area contributed by atoms with Crippen LogP contribution in [0.5, 0.6) is 0 Å². The number of hydrogen-bond donors (Lipinski definition) is 1. The molecule has 0 aliphatic heterocycles. The average Bonchev–Trinajstić information content (AvgIpc) is 3.49. The number of rotatable bonds is 5. The van der Waals surface area contributed by atoms with Crippen LogP contribution in [0.25, 0.3) is 28.0 Å². The van der Waals surface area contributed by atoms with E-state index in [2.05, 4.69) is 32.8 Å². The van der Waals surface area contributed by atoms with E-state index in [9.17, 15) is 15.3 Å². The van der Waals surface area contributed by atoms with Crippen molar-refractivity contribution in [1.29, 1.82) is 10.5 Å². The predicted octanol–water partition coefficient (Wildman–Crippen LogP) is 2.49. The molecule has 164 valence electrons. The first-order valence-electron chi connectivity index (χ1n) is 10.4. The fourth-order valence-corrected chi connectivity index (χ4v) is 4.38. The highest BCUT2D eigenvalue weighted by molar-refractivity contribution is 5.94. The van der Waals surface area contributed by atoms with Crippen LogP contribution in [0.1, 0.15) is 26.2 Å². The van der Waals surface area contributed by atoms with Crippen LogP contribution in [-0.2, 0) is 17.4 Å². The van der Waals surface area contributed by atoms with Crippen molar-refractivity contribution in [2.24, 2.45) is 13.0 Å². The van der Waals surface area contributed by atoms with Crippen molar-refractivity contribution in [3.8, 4) is 34.7 Å². The Hall–Kier alpha value is -4.51. The molecule has 4 heterocycles. The highest BCUT2D eigenvalue weighted by Gasteiger charge is 2.47. The van der Waals surface area contributed by atoms with Crippen molar-refractivity contribution in [2.45, 2.75) is 31.7 Å². The molecule has 1 saturated carbocycles. The number of aryl methyl sites for hydroxylation is 1. The summed E-state index contributed by atoms with van der Waals surface area (Å²) in [6.07, 6.45) is 10.2. The standard InChI is InChI=1S/C22H20N10O/c1-14(33)27-21-17(12-32(29-21)22(4-5-23)7-15(8-22)9-24)20-19-3-6-25-31(19)13-18(28-20)16-10-26-30(2)11-16/h3,6,10-13,15H,4,7-8H2,1-2H3,(H,27,29,33)/t15-,22-. The van der Waals surface area contributed by atoms with E-state index >= 15 is 0 Å². The van der Waals surface area contributed by atoms with Gasteiger partial charge in [-0.25, -0.2) is 9.50 Å². The Balaban J connectivity index is 1.69. The molecular weight excluding hydrogens is 420 g/mol. The quantitative estimate of drug-likeness (QED) is 0.502. The minimum Gasteiger partial charge on any atom is -0.309 e. The van der Waals surface area contributed by atoms with E-state index in [-0.39, 0.29) is 18.2 Å². The Labute approximate surface area is 188 Å². The van der Waals surface area contributed by atoms with Crippen LogP contribution >= 0.6 is 0 Å². The first-order valence-corrected chi connectivity index (χ1v) is 10.4. The van der Waals surface area contributed by atoms with Crippen LogP contribution in [0.2, 0.25) is 0 Å². The highest BCUT2D eigenvalue weighted by atomic mass is 16.1. The van der Waals surface area contributed by atoms with E-state index < -0.39 is 5.54 Å². The number of nitrogens with zero attached hydrogens (tertiary/aromatic N) is 9. The lowest BCUT2D eigenvalue weighted by atomic mass is 9.67. The molecule has 5 rings (SSSR count). The molecule has 1 amide bonds. The second-order valence-electron chi connectivity index (χ2n) is 8.35. The van der Waals surface area contributed by atoms with E-state index in [1.54, 1.807) is 32.5 Å². The van der Waals surface area contributed by atoms with Gasteiger partial charge in [-0.2, -0.15) is 25.8 Å². The van der Waals surface area contributed by atoms with Crippen molar-refractivity contribution in [3.63, 3.8) is 0 Å². The van der Waals surface area contributed by atoms with Crippen molar-refractivity contribution >= 4 is 17.2 Å². The van der Waals surface area contributed by atoms with Gasteiger partial charge in [0, 0.05) is 31.9 Å². The molecule has 0 aromatic carbocycles. The van der Waals surface area contributed by atoms with Crippen molar-refractivity contribution < 1.29 is 4.79 Å². The molecule has 11 heteroatoms. The third-order valence-electron chi connectivity index (χ3n) is 5.98. The largest absolute Gasteiger partial charge is 0.309 e. The van der Waals surface area contributed by atoms with Crippen LogP contribution in [0.15, 0.2) is 37.1 Å². The molecule has 0 saturated heterocycles. The summed E-state index contributed by atoms with van der Waals surface area (Å²) in [6, 6.07) is 6.33. The van der Waals surface area contributed by atoms with E-state index in [1.807, 2.05) is 25.5 Å². The van der Waals surface area contributed by atoms with Crippen LogP contribution in [0.4, 0.5) is 5.82 Å². The Morgan fingerprint density at radius 2 is 2.09 bits per heavy atom. The fourth-order valence-electron chi connectivity index (χ4n) is 4.38. The van der Waals surface area contributed by atoms with Crippen molar-refractivity contribution in [2.75, 3.05) is 5.32 Å². The molecule has 0 unspecified atom stereocenters. The highest BCUT2D eigenvalue weighted by Crippen LogP contribution is 2.47. The first-order chi connectivity index (χ1) is 15.9. The van der Waals surface area contributed by atoms with E-state index in [0.29, 0.717) is 35.6 Å². The summed E-state index contributed by atoms with van der Waals surface area (Å²) in [5.41, 5.74) is 2.84. The molecule has 1 aliphatic rings. The monoisotopic (exact) mass is 440 g/mol. The van der Waals surface area contributed by atoms with Gasteiger partial charge in [-0.15, -0.1) is 0 Å². The molecule has 0 bridgehead atoms. The summed E-state index contributed by atoms with van der Waals surface area (Å²) in [6.45, 7) is 1.41. The molecule has 1 fully saturated rings. The van der Waals surface area contributed by atoms with Crippen molar-refractivity contribution in [3.05, 3.63) is 37.1 Å². The number of nitriles is 2. The van der Waals surface area contributed by atoms with E-state index in [4.69, 9.17) is 4.98 Å². The van der Waals surface area contributed by atoms with Gasteiger partial charge in [-0.05, 0) is 18.9 Å². The third kappa shape index (κ3) is 3.40. The molecule has 33 heavy (non-hydrogen) atoms. The summed E-state index contributed by atoms with van der Waals surface area (Å²) < 4.78 is 5.13. The lowest BCUT2D eigenvalue weighted by Gasteiger charge is -2.43. The third-order valence-corrected chi connectivity index (χ3v) is 5.98. The first kappa shape index (κ1) is 20.4. The summed E-state index contributed by atoms with van der Waals surface area (Å²) in [7, 11) is 1.83. The van der Waals surface area contributed by atoms with Gasteiger partial charge >= 0.3 is 0 Å². The zero-order valence-electron chi connectivity index (χ0n) is 18.1. The van der Waals surface area contributed by atoms with Gasteiger partial charge in [-0.1, -0.05) is 0 Å². The maximum atomic E-state index is 12.0. The maximum absolute atomic E-state index is 12.0. The Bertz CT molecular complexity index is 1450. The molecule has 11 nitrogen and oxygen atoms in total. The van der Waals surface area contributed by atoms with Gasteiger partial charge in [0.05, 0.1) is 65.4 Å². The summed E-state index contributed by atoms with van der Waals surface area (Å²) in [5.74, 6) is -0.0461. The number of carbonyl (C=O) groups is 1. The summed E-state index contributed by atoms with van der Waals surface area (Å²) >= 11 is 0. The van der Waals surface area contributed by atoms with Gasteiger partial charge in [0.2, 0.25) is 5.91 Å². The van der Waals surface area contributed by atoms with Gasteiger partial charge in [0.15, 0.2) is 5.82 Å². The van der Waals surface area contributed by atoms with Gasteiger partial charge in [-0.3, -0.25) is 14.2 Å². The van der Waals surface area contributed by atoms with Crippen LogP contribution in [-0.4, -0.2) is 40.1 Å². The minimum atomic E-state index is -0.585. The maximum Gasteiger partial charge on any atom is 0.222 e. The van der Waals surface area contributed by atoms with Crippen molar-refractivity contribution in [1.82, 2.24) is 34.2 Å². The Morgan fingerprint density at radius 3 is 2.76 bits per heavy atom. The van der Waals surface area contributed by atoms with Gasteiger partial charge < -0.3 is 5.32 Å². The number of aromatic nitrogens is 7. The summed E-state index contributed by atoms with van der Waals surface area (Å²) in [4.78, 5) is 16.8. The molecule has 4 aromatic heterocycles. The molecular formula is C22H20N10O. The SMILES string of the molecule is CC(=O)Nc1nn([C@]2(CC#N)C[C@@H](C#N)C2)cc1-c1nc(-c2cnn(C)c2)cn2nccc12. The van der Waals surface area contributed by atoms with Gasteiger partial charge in [0.1, 0.15) is 5.69 Å². The van der Waals surface area contributed by atoms with Crippen LogP contribution in [0.3, 0.4) is 0 Å². The topological polar surface area (TPSA) is 143 Å². The Morgan fingerprint density at radius 1 is 1.27 bits per heavy atom. The van der Waals surface area contributed by atoms with E-state index in [0.717, 1.165) is 11.1 Å². The number of nitrogens with one attached hydrogen (secondary N) is 1. The molecule has 1 aliphatic carbocycles. The fraction of sp³-hybridized carbons (Fsp3) is 0.318. The minimum absolute atomic E-state index is 0.121. The lowest BCUT2D eigenvalue weighted by Crippen LogP contribution is -2.46. The average molecular weight is 440 g/mol. The molecule has 0 radical (unpaired) electrons. The Kier molecular flexibility index (Phi) is 4.68. The number of hydrogen-bond acceptors (Lipinski definition) is 7. The molecule has 0 atom stereocenters. The number of fused-ring (bicyclic) bond motifs is 1. The van der Waals surface area contributed by atoms with Crippen LogP contribution in [0, 0.1) is 28.6 Å². The van der Waals surface area contributed by atoms with Crippen LogP contribution < -0.4 is 5.32 Å². The van der Waals surface area contributed by atoms with Gasteiger partial charge in [0.25, 0.3) is 0 Å². The summed E-state index contributed by atoms with van der Waals surface area (Å²) in [5, 5.41) is 34.8. The number of amides is 1.